The molecule has 2 aromatic rings. The number of rotatable bonds is 3. The topological polar surface area (TPSA) is 43.4 Å². The van der Waals surface area contributed by atoms with E-state index in [0.717, 1.165) is 37.0 Å². The number of fused-ring (bicyclic) bond motifs is 1. The van der Waals surface area contributed by atoms with Gasteiger partial charge in [-0.3, -0.25) is 0 Å². The lowest BCUT2D eigenvalue weighted by atomic mass is 10.2. The fourth-order valence-corrected chi connectivity index (χ4v) is 4.11. The molecule has 0 saturated carbocycles. The first kappa shape index (κ1) is 16.2. The zero-order valence-corrected chi connectivity index (χ0v) is 15.0. The fraction of sp³-hybridized carbons (Fsp3) is 0.500. The number of thioether (sulfide) groups is 1. The minimum absolute atomic E-state index is 0.287. The quantitative estimate of drug-likeness (QED) is 0.669. The van der Waals surface area contributed by atoms with E-state index in [1.165, 1.54) is 10.9 Å². The molecule has 124 valence electrons. The predicted molar refractivity (Wildman–Crippen MR) is 101 cm³/mol. The molecule has 1 fully saturated rings. The number of hydrogen-bond donors (Lipinski definition) is 2. The zero-order valence-electron chi connectivity index (χ0n) is 14.2. The lowest BCUT2D eigenvalue weighted by Gasteiger charge is -2.39. The van der Waals surface area contributed by atoms with Gasteiger partial charge >= 0.3 is 0 Å². The Morgan fingerprint density at radius 1 is 1.39 bits per heavy atom. The highest BCUT2D eigenvalue weighted by Gasteiger charge is 2.28. The van der Waals surface area contributed by atoms with Crippen LogP contribution in [0.4, 0.5) is 0 Å². The van der Waals surface area contributed by atoms with E-state index in [4.69, 9.17) is 4.99 Å². The van der Waals surface area contributed by atoms with Crippen LogP contribution in [0.15, 0.2) is 35.3 Å². The summed E-state index contributed by atoms with van der Waals surface area (Å²) in [5, 5.41) is 4.70. The highest BCUT2D eigenvalue weighted by atomic mass is 32.2. The Labute approximate surface area is 142 Å². The van der Waals surface area contributed by atoms with E-state index in [2.05, 4.69) is 66.3 Å². The second-order valence-electron chi connectivity index (χ2n) is 6.58. The molecule has 2 heterocycles. The molecule has 1 aliphatic rings. The number of hydrogen-bond acceptors (Lipinski definition) is 2. The van der Waals surface area contributed by atoms with Crippen LogP contribution in [-0.2, 0) is 6.54 Å². The van der Waals surface area contributed by atoms with Crippen molar-refractivity contribution < 1.29 is 0 Å². The molecule has 0 unspecified atom stereocenters. The second kappa shape index (κ2) is 6.87. The van der Waals surface area contributed by atoms with Crippen molar-refractivity contribution in [2.75, 3.05) is 25.4 Å². The number of aromatic nitrogens is 1. The molecule has 0 bridgehead atoms. The zero-order chi connectivity index (χ0) is 16.3. The highest BCUT2D eigenvalue weighted by Crippen LogP contribution is 2.29. The van der Waals surface area contributed by atoms with Crippen molar-refractivity contribution in [1.29, 1.82) is 0 Å². The van der Waals surface area contributed by atoms with Crippen molar-refractivity contribution in [2.24, 2.45) is 4.99 Å². The van der Waals surface area contributed by atoms with E-state index in [-0.39, 0.29) is 4.75 Å². The number of guanidine groups is 1. The largest absolute Gasteiger partial charge is 0.357 e. The van der Waals surface area contributed by atoms with Crippen LogP contribution in [0.5, 0.6) is 0 Å². The number of nitrogens with one attached hydrogen (secondary N) is 2. The summed E-state index contributed by atoms with van der Waals surface area (Å²) < 4.78 is 0.287. The Morgan fingerprint density at radius 3 is 2.96 bits per heavy atom. The molecule has 3 rings (SSSR count). The Kier molecular flexibility index (Phi) is 4.85. The normalized spacial score (nSPS) is 18.4. The van der Waals surface area contributed by atoms with Crippen molar-refractivity contribution >= 4 is 28.6 Å². The van der Waals surface area contributed by atoms with E-state index < -0.39 is 0 Å². The van der Waals surface area contributed by atoms with Crippen LogP contribution in [0.1, 0.15) is 26.5 Å². The molecule has 0 atom stereocenters. The van der Waals surface area contributed by atoms with Gasteiger partial charge in [0.15, 0.2) is 5.96 Å². The lowest BCUT2D eigenvalue weighted by molar-refractivity contribution is 0.375. The molecule has 0 amide bonds. The lowest BCUT2D eigenvalue weighted by Crippen LogP contribution is -2.50. The van der Waals surface area contributed by atoms with E-state index in [1.54, 1.807) is 0 Å². The van der Waals surface area contributed by atoms with Gasteiger partial charge in [-0.1, -0.05) is 18.2 Å². The molecule has 0 aliphatic carbocycles. The maximum absolute atomic E-state index is 4.86. The summed E-state index contributed by atoms with van der Waals surface area (Å²) in [4.78, 5) is 10.7. The van der Waals surface area contributed by atoms with E-state index in [1.807, 2.05) is 11.8 Å². The summed E-state index contributed by atoms with van der Waals surface area (Å²) in [6, 6.07) is 10.6. The first-order chi connectivity index (χ1) is 11.1. The number of aromatic amines is 1. The van der Waals surface area contributed by atoms with Crippen LogP contribution in [0.3, 0.4) is 0 Å². The Morgan fingerprint density at radius 2 is 2.22 bits per heavy atom. The van der Waals surface area contributed by atoms with Gasteiger partial charge in [-0.2, -0.15) is 11.8 Å². The highest BCUT2D eigenvalue weighted by molar-refractivity contribution is 8.00. The van der Waals surface area contributed by atoms with Gasteiger partial charge in [-0.05, 0) is 38.3 Å². The number of benzene rings is 1. The van der Waals surface area contributed by atoms with Gasteiger partial charge in [-0.25, -0.2) is 4.99 Å². The SMILES string of the molecule is CCNC(=NCc1cc2ccccc2[nH]1)N1CCSC(C)(C)C1. The molecule has 1 saturated heterocycles. The Hall–Kier alpha value is -1.62. The molecule has 2 N–H and O–H groups in total. The third kappa shape index (κ3) is 4.02. The number of aliphatic imine (C=N–C) groups is 1. The maximum Gasteiger partial charge on any atom is 0.194 e. The monoisotopic (exact) mass is 330 g/mol. The van der Waals surface area contributed by atoms with Crippen LogP contribution in [0.25, 0.3) is 10.9 Å². The smallest absolute Gasteiger partial charge is 0.194 e. The molecule has 23 heavy (non-hydrogen) atoms. The van der Waals surface area contributed by atoms with E-state index >= 15 is 0 Å². The van der Waals surface area contributed by atoms with Gasteiger partial charge < -0.3 is 15.2 Å². The number of H-pyrrole nitrogens is 1. The summed E-state index contributed by atoms with van der Waals surface area (Å²) in [6.07, 6.45) is 0. The van der Waals surface area contributed by atoms with Crippen LogP contribution in [-0.4, -0.2) is 46.0 Å². The molecule has 1 aliphatic heterocycles. The standard InChI is InChI=1S/C18H26N4S/c1-4-19-17(22-9-10-23-18(2,3)13-22)20-12-15-11-14-7-5-6-8-16(14)21-15/h5-8,11,21H,4,9-10,12-13H2,1-3H3,(H,19,20). The van der Waals surface area contributed by atoms with Gasteiger partial charge in [0.05, 0.1) is 6.54 Å². The van der Waals surface area contributed by atoms with Gasteiger partial charge in [0.25, 0.3) is 0 Å². The molecular formula is C18H26N4S. The summed E-state index contributed by atoms with van der Waals surface area (Å²) in [5.74, 6) is 2.18. The summed E-state index contributed by atoms with van der Waals surface area (Å²) in [5.41, 5.74) is 2.34. The average molecular weight is 331 g/mol. The first-order valence-electron chi connectivity index (χ1n) is 8.31. The van der Waals surface area contributed by atoms with Crippen molar-refractivity contribution in [1.82, 2.24) is 15.2 Å². The maximum atomic E-state index is 4.86. The van der Waals surface area contributed by atoms with Gasteiger partial charge in [0.1, 0.15) is 0 Å². The molecule has 1 aromatic carbocycles. The molecule has 1 aromatic heterocycles. The van der Waals surface area contributed by atoms with Crippen molar-refractivity contribution in [3.05, 3.63) is 36.0 Å². The van der Waals surface area contributed by atoms with Gasteiger partial charge in [0, 0.05) is 41.3 Å². The third-order valence-corrected chi connectivity index (χ3v) is 5.34. The molecule has 4 nitrogen and oxygen atoms in total. The van der Waals surface area contributed by atoms with Crippen molar-refractivity contribution in [2.45, 2.75) is 32.1 Å². The van der Waals surface area contributed by atoms with Crippen molar-refractivity contribution in [3.63, 3.8) is 0 Å². The fourth-order valence-electron chi connectivity index (χ4n) is 3.00. The van der Waals surface area contributed by atoms with Crippen LogP contribution in [0, 0.1) is 0 Å². The van der Waals surface area contributed by atoms with Gasteiger partial charge in [0.2, 0.25) is 0 Å². The average Bonchev–Trinajstić information content (AvgIpc) is 2.93. The molecule has 0 spiro atoms. The third-order valence-electron chi connectivity index (χ3n) is 4.04. The summed E-state index contributed by atoms with van der Waals surface area (Å²) in [6.45, 7) is 10.4. The van der Waals surface area contributed by atoms with E-state index in [0.29, 0.717) is 6.54 Å². The minimum Gasteiger partial charge on any atom is -0.357 e. The Bertz CT molecular complexity index is 656. The van der Waals surface area contributed by atoms with Crippen LogP contribution in [0.2, 0.25) is 0 Å². The van der Waals surface area contributed by atoms with Crippen molar-refractivity contribution in [3.8, 4) is 0 Å². The van der Waals surface area contributed by atoms with Crippen LogP contribution < -0.4 is 5.32 Å². The molecular weight excluding hydrogens is 304 g/mol. The first-order valence-corrected chi connectivity index (χ1v) is 9.30. The van der Waals surface area contributed by atoms with E-state index in [9.17, 15) is 0 Å². The molecule has 0 radical (unpaired) electrons. The van der Waals surface area contributed by atoms with Gasteiger partial charge in [-0.15, -0.1) is 0 Å². The summed E-state index contributed by atoms with van der Waals surface area (Å²) >= 11 is 2.05. The number of nitrogens with zero attached hydrogens (tertiary/aromatic N) is 2. The second-order valence-corrected chi connectivity index (χ2v) is 8.38. The Balaban J connectivity index is 1.75. The van der Waals surface area contributed by atoms with Crippen LogP contribution >= 0.6 is 11.8 Å². The minimum atomic E-state index is 0.287. The molecule has 5 heteroatoms. The summed E-state index contributed by atoms with van der Waals surface area (Å²) in [7, 11) is 0. The number of para-hydroxylation sites is 1. The predicted octanol–water partition coefficient (Wildman–Crippen LogP) is 3.46.